The number of esters is 1. The molecule has 98 valence electrons. The van der Waals surface area contributed by atoms with Crippen LogP contribution in [0.5, 0.6) is 5.75 Å². The van der Waals surface area contributed by atoms with Crippen molar-refractivity contribution < 1.29 is 14.3 Å². The Balaban J connectivity index is 3.14. The molecule has 0 bridgehead atoms. The average Bonchev–Trinajstić information content (AvgIpc) is 2.39. The Bertz CT molecular complexity index is 447. The summed E-state index contributed by atoms with van der Waals surface area (Å²) in [7, 11) is 3.03. The van der Waals surface area contributed by atoms with Crippen LogP contribution in [-0.4, -0.2) is 20.2 Å². The number of rotatable bonds is 4. The van der Waals surface area contributed by atoms with Crippen molar-refractivity contribution in [2.75, 3.05) is 14.2 Å². The Morgan fingerprint density at radius 2 is 1.78 bits per heavy atom. The van der Waals surface area contributed by atoms with E-state index in [9.17, 15) is 4.79 Å². The summed E-state index contributed by atoms with van der Waals surface area (Å²) in [6.45, 7) is 3.71. The first kappa shape index (κ1) is 15.0. The van der Waals surface area contributed by atoms with Gasteiger partial charge in [0.15, 0.2) is 0 Å². The molecule has 0 aliphatic heterocycles. The molecule has 0 saturated carbocycles. The minimum atomic E-state index is -0.676. The van der Waals surface area contributed by atoms with Gasteiger partial charge >= 0.3 is 5.97 Å². The Morgan fingerprint density at radius 1 is 1.22 bits per heavy atom. The highest BCUT2D eigenvalue weighted by atomic mass is 127. The molecule has 0 aliphatic carbocycles. The fourth-order valence-corrected chi connectivity index (χ4v) is 2.83. The van der Waals surface area contributed by atoms with E-state index >= 15 is 0 Å². The Hall–Kier alpha value is -1.04. The normalized spacial score (nSPS) is 12.2. The SMILES string of the molecule is COC(=O)C(C)(C)/C(=C/I)c1ccc(OC)cc1. The molecule has 0 amide bonds. The van der Waals surface area contributed by atoms with Crippen LogP contribution in [0.25, 0.3) is 5.57 Å². The van der Waals surface area contributed by atoms with Crippen LogP contribution < -0.4 is 4.74 Å². The molecule has 0 heterocycles. The molecule has 18 heavy (non-hydrogen) atoms. The van der Waals surface area contributed by atoms with Gasteiger partial charge in [0.05, 0.1) is 19.6 Å². The van der Waals surface area contributed by atoms with Crippen LogP contribution in [0.3, 0.4) is 0 Å². The van der Waals surface area contributed by atoms with Gasteiger partial charge < -0.3 is 9.47 Å². The van der Waals surface area contributed by atoms with Crippen molar-refractivity contribution in [3.63, 3.8) is 0 Å². The molecule has 0 aliphatic rings. The first-order valence-corrected chi connectivity index (χ1v) is 6.75. The van der Waals surface area contributed by atoms with Crippen LogP contribution >= 0.6 is 22.6 Å². The van der Waals surface area contributed by atoms with E-state index in [1.807, 2.05) is 42.2 Å². The predicted octanol–water partition coefficient (Wildman–Crippen LogP) is 3.67. The van der Waals surface area contributed by atoms with Crippen LogP contribution in [0.15, 0.2) is 28.3 Å². The lowest BCUT2D eigenvalue weighted by Gasteiger charge is -2.25. The molecule has 0 radical (unpaired) electrons. The molecule has 0 N–H and O–H groups in total. The van der Waals surface area contributed by atoms with Crippen LogP contribution in [-0.2, 0) is 9.53 Å². The second-order valence-electron chi connectivity index (χ2n) is 4.37. The quantitative estimate of drug-likeness (QED) is 0.607. The zero-order chi connectivity index (χ0) is 13.8. The van der Waals surface area contributed by atoms with E-state index in [0.717, 1.165) is 16.9 Å². The summed E-state index contributed by atoms with van der Waals surface area (Å²) in [4.78, 5) is 11.8. The maximum atomic E-state index is 11.8. The van der Waals surface area contributed by atoms with Gasteiger partial charge in [0, 0.05) is 0 Å². The van der Waals surface area contributed by atoms with Crippen LogP contribution in [0, 0.1) is 5.41 Å². The topological polar surface area (TPSA) is 35.5 Å². The number of hydrogen-bond donors (Lipinski definition) is 0. The van der Waals surface area contributed by atoms with Crippen molar-refractivity contribution in [2.24, 2.45) is 5.41 Å². The molecule has 4 heteroatoms. The summed E-state index contributed by atoms with van der Waals surface area (Å²) in [5, 5.41) is 0. The molecule has 0 aromatic heterocycles. The fraction of sp³-hybridized carbons (Fsp3) is 0.357. The lowest BCUT2D eigenvalue weighted by Crippen LogP contribution is -2.27. The van der Waals surface area contributed by atoms with E-state index in [1.165, 1.54) is 7.11 Å². The van der Waals surface area contributed by atoms with Gasteiger partial charge in [-0.05, 0) is 41.2 Å². The third-order valence-electron chi connectivity index (χ3n) is 2.88. The van der Waals surface area contributed by atoms with Gasteiger partial charge in [0.25, 0.3) is 0 Å². The van der Waals surface area contributed by atoms with Gasteiger partial charge in [-0.25, -0.2) is 0 Å². The standard InChI is InChI=1S/C14H17IO3/c1-14(2,13(16)18-4)12(9-15)10-5-7-11(17-3)8-6-10/h5-9H,1-4H3/b12-9+. The Labute approximate surface area is 121 Å². The van der Waals surface area contributed by atoms with E-state index in [0.29, 0.717) is 0 Å². The van der Waals surface area contributed by atoms with Gasteiger partial charge in [-0.3, -0.25) is 4.79 Å². The highest BCUT2D eigenvalue weighted by Gasteiger charge is 2.33. The van der Waals surface area contributed by atoms with E-state index in [1.54, 1.807) is 7.11 Å². The van der Waals surface area contributed by atoms with Gasteiger partial charge in [-0.2, -0.15) is 0 Å². The monoisotopic (exact) mass is 360 g/mol. The second-order valence-corrected chi connectivity index (χ2v) is 4.99. The highest BCUT2D eigenvalue weighted by molar-refractivity contribution is 14.1. The molecular weight excluding hydrogens is 343 g/mol. The van der Waals surface area contributed by atoms with Crippen molar-refractivity contribution in [1.82, 2.24) is 0 Å². The first-order valence-electron chi connectivity index (χ1n) is 5.51. The summed E-state index contributed by atoms with van der Waals surface area (Å²) >= 11 is 2.14. The smallest absolute Gasteiger partial charge is 0.315 e. The fourth-order valence-electron chi connectivity index (χ4n) is 1.70. The maximum Gasteiger partial charge on any atom is 0.315 e. The van der Waals surface area contributed by atoms with E-state index < -0.39 is 5.41 Å². The summed E-state index contributed by atoms with van der Waals surface area (Å²) in [6, 6.07) is 7.63. The first-order chi connectivity index (χ1) is 8.47. The van der Waals surface area contributed by atoms with Gasteiger partial charge in [0.1, 0.15) is 5.75 Å². The van der Waals surface area contributed by atoms with Crippen molar-refractivity contribution >= 4 is 34.1 Å². The summed E-state index contributed by atoms with van der Waals surface area (Å²) < 4.78 is 11.9. The van der Waals surface area contributed by atoms with Crippen molar-refractivity contribution in [2.45, 2.75) is 13.8 Å². The Kier molecular flexibility index (Phi) is 5.19. The molecule has 0 unspecified atom stereocenters. The second kappa shape index (κ2) is 6.22. The Morgan fingerprint density at radius 3 is 2.17 bits per heavy atom. The number of carbonyl (C=O) groups is 1. The van der Waals surface area contributed by atoms with Crippen LogP contribution in [0.4, 0.5) is 0 Å². The molecule has 1 aromatic carbocycles. The zero-order valence-corrected chi connectivity index (χ0v) is 13.1. The van der Waals surface area contributed by atoms with Crippen molar-refractivity contribution in [3.05, 3.63) is 33.9 Å². The molecule has 0 saturated heterocycles. The lowest BCUT2D eigenvalue weighted by atomic mass is 9.81. The average molecular weight is 360 g/mol. The molecule has 0 atom stereocenters. The van der Waals surface area contributed by atoms with E-state index in [2.05, 4.69) is 22.6 Å². The highest BCUT2D eigenvalue weighted by Crippen LogP contribution is 2.37. The lowest BCUT2D eigenvalue weighted by molar-refractivity contribution is -0.147. The van der Waals surface area contributed by atoms with Crippen molar-refractivity contribution in [3.8, 4) is 5.75 Å². The number of carbonyl (C=O) groups excluding carboxylic acids is 1. The molecule has 1 aromatic rings. The summed E-state index contributed by atoms with van der Waals surface area (Å²) in [6.07, 6.45) is 0. The number of benzene rings is 1. The van der Waals surface area contributed by atoms with Gasteiger partial charge in [-0.15, -0.1) is 0 Å². The molecule has 3 nitrogen and oxygen atoms in total. The van der Waals surface area contributed by atoms with Crippen LogP contribution in [0.1, 0.15) is 19.4 Å². The summed E-state index contributed by atoms with van der Waals surface area (Å²) in [5.41, 5.74) is 1.24. The third kappa shape index (κ3) is 3.04. The van der Waals surface area contributed by atoms with Gasteiger partial charge in [-0.1, -0.05) is 34.7 Å². The maximum absolute atomic E-state index is 11.8. The van der Waals surface area contributed by atoms with E-state index in [-0.39, 0.29) is 5.97 Å². The van der Waals surface area contributed by atoms with Crippen molar-refractivity contribution in [1.29, 1.82) is 0 Å². The minimum absolute atomic E-state index is 0.249. The molecule has 0 spiro atoms. The zero-order valence-electron chi connectivity index (χ0n) is 11.0. The number of ether oxygens (including phenoxy) is 2. The number of methoxy groups -OCH3 is 2. The third-order valence-corrected chi connectivity index (χ3v) is 3.50. The van der Waals surface area contributed by atoms with Crippen LogP contribution in [0.2, 0.25) is 0 Å². The molecule has 0 fully saturated rings. The number of hydrogen-bond acceptors (Lipinski definition) is 3. The minimum Gasteiger partial charge on any atom is -0.497 e. The predicted molar refractivity (Wildman–Crippen MR) is 80.8 cm³/mol. The summed E-state index contributed by atoms with van der Waals surface area (Å²) in [5.74, 6) is 0.545. The number of halogens is 1. The molecular formula is C14H17IO3. The largest absolute Gasteiger partial charge is 0.497 e. The van der Waals surface area contributed by atoms with E-state index in [4.69, 9.17) is 9.47 Å². The molecule has 1 rings (SSSR count). The van der Waals surface area contributed by atoms with Gasteiger partial charge in [0.2, 0.25) is 0 Å².